The summed E-state index contributed by atoms with van der Waals surface area (Å²) in [6.45, 7) is 8.64. The Bertz CT molecular complexity index is 1370. The average Bonchev–Trinajstić information content (AvgIpc) is 3.39. The van der Waals surface area contributed by atoms with Gasteiger partial charge in [0.1, 0.15) is 5.75 Å². The molecule has 4 rings (SSSR count). The Balaban J connectivity index is 1.58. The fourth-order valence-electron chi connectivity index (χ4n) is 3.86. The van der Waals surface area contributed by atoms with Crippen LogP contribution in [0, 0.1) is 0 Å². The van der Waals surface area contributed by atoms with Gasteiger partial charge in [0.15, 0.2) is 0 Å². The second-order valence-corrected chi connectivity index (χ2v) is 9.65. The molecule has 0 bridgehead atoms. The minimum atomic E-state index is -0.0732. The summed E-state index contributed by atoms with van der Waals surface area (Å²) in [7, 11) is 1.56. The zero-order valence-corrected chi connectivity index (χ0v) is 22.4. The van der Waals surface area contributed by atoms with E-state index in [-0.39, 0.29) is 18.0 Å². The van der Waals surface area contributed by atoms with Gasteiger partial charge in [-0.05, 0) is 51.5 Å². The summed E-state index contributed by atoms with van der Waals surface area (Å²) in [4.78, 5) is 24.2. The van der Waals surface area contributed by atoms with Gasteiger partial charge in [-0.25, -0.2) is 9.97 Å². The summed E-state index contributed by atoms with van der Waals surface area (Å²) in [6.07, 6.45) is 5.18. The summed E-state index contributed by atoms with van der Waals surface area (Å²) < 4.78 is 7.45. The fraction of sp³-hybridized carbons (Fsp3) is 0.286. The van der Waals surface area contributed by atoms with Crippen molar-refractivity contribution in [2.75, 3.05) is 12.4 Å². The summed E-state index contributed by atoms with van der Waals surface area (Å²) in [6, 6.07) is 15.5. The van der Waals surface area contributed by atoms with Crippen molar-refractivity contribution in [1.82, 2.24) is 24.6 Å². The van der Waals surface area contributed by atoms with E-state index < -0.39 is 0 Å². The van der Waals surface area contributed by atoms with E-state index in [0.29, 0.717) is 40.2 Å². The minimum absolute atomic E-state index is 0.0254. The van der Waals surface area contributed by atoms with Crippen LogP contribution in [0.2, 0.25) is 5.02 Å². The molecule has 0 aliphatic carbocycles. The first kappa shape index (κ1) is 26.2. The lowest BCUT2D eigenvalue weighted by Gasteiger charge is -2.27. The number of benzene rings is 2. The van der Waals surface area contributed by atoms with Crippen LogP contribution in [0.15, 0.2) is 67.1 Å². The molecule has 0 saturated heterocycles. The van der Waals surface area contributed by atoms with Gasteiger partial charge in [-0.3, -0.25) is 9.48 Å². The molecule has 1 N–H and O–H groups in total. The van der Waals surface area contributed by atoms with Crippen molar-refractivity contribution in [3.63, 3.8) is 0 Å². The third kappa shape index (κ3) is 6.09. The maximum absolute atomic E-state index is 13.4. The SMILES string of the molecule is COc1cc(C(=O)N(Cc2ccccc2)C(C)C)ccc1Nc1ncc(Cl)c(-c2cnn(C(C)C)c2)n1. The lowest BCUT2D eigenvalue weighted by atomic mass is 10.1. The highest BCUT2D eigenvalue weighted by Crippen LogP contribution is 2.31. The Hall–Kier alpha value is -3.91. The molecule has 2 aromatic carbocycles. The van der Waals surface area contributed by atoms with E-state index in [4.69, 9.17) is 16.3 Å². The average molecular weight is 519 g/mol. The molecule has 37 heavy (non-hydrogen) atoms. The molecule has 0 spiro atoms. The van der Waals surface area contributed by atoms with E-state index >= 15 is 0 Å². The van der Waals surface area contributed by atoms with Crippen molar-refractivity contribution in [3.8, 4) is 17.0 Å². The maximum atomic E-state index is 13.4. The molecule has 0 radical (unpaired) electrons. The van der Waals surface area contributed by atoms with Gasteiger partial charge < -0.3 is 15.0 Å². The van der Waals surface area contributed by atoms with E-state index in [1.807, 2.05) is 73.8 Å². The molecule has 2 aromatic heterocycles. The number of carbonyl (C=O) groups is 1. The lowest BCUT2D eigenvalue weighted by Crippen LogP contribution is -2.36. The number of anilines is 2. The number of hydrogen-bond acceptors (Lipinski definition) is 6. The van der Waals surface area contributed by atoms with Crippen molar-refractivity contribution < 1.29 is 9.53 Å². The van der Waals surface area contributed by atoms with Gasteiger partial charge in [-0.15, -0.1) is 0 Å². The highest BCUT2D eigenvalue weighted by atomic mass is 35.5. The van der Waals surface area contributed by atoms with Crippen molar-refractivity contribution in [3.05, 3.63) is 83.3 Å². The van der Waals surface area contributed by atoms with Crippen LogP contribution in [0.25, 0.3) is 11.3 Å². The molecule has 0 aliphatic rings. The summed E-state index contributed by atoms with van der Waals surface area (Å²) >= 11 is 6.39. The molecule has 0 unspecified atom stereocenters. The van der Waals surface area contributed by atoms with E-state index in [1.54, 1.807) is 37.7 Å². The van der Waals surface area contributed by atoms with Gasteiger partial charge in [-0.2, -0.15) is 5.10 Å². The number of halogens is 1. The first-order valence-corrected chi connectivity index (χ1v) is 12.5. The molecule has 192 valence electrons. The maximum Gasteiger partial charge on any atom is 0.254 e. The second kappa shape index (κ2) is 11.4. The number of aromatic nitrogens is 4. The normalized spacial score (nSPS) is 11.1. The largest absolute Gasteiger partial charge is 0.495 e. The minimum Gasteiger partial charge on any atom is -0.495 e. The number of ether oxygens (including phenoxy) is 1. The number of hydrogen-bond donors (Lipinski definition) is 1. The molecule has 1 amide bonds. The first-order valence-electron chi connectivity index (χ1n) is 12.1. The van der Waals surface area contributed by atoms with Crippen LogP contribution in [0.1, 0.15) is 49.7 Å². The Morgan fingerprint density at radius 2 is 1.86 bits per heavy atom. The number of methoxy groups -OCH3 is 1. The zero-order valence-electron chi connectivity index (χ0n) is 21.6. The smallest absolute Gasteiger partial charge is 0.254 e. The van der Waals surface area contributed by atoms with Gasteiger partial charge in [-0.1, -0.05) is 41.9 Å². The van der Waals surface area contributed by atoms with Gasteiger partial charge in [0.05, 0.1) is 35.9 Å². The van der Waals surface area contributed by atoms with E-state index in [1.165, 1.54) is 0 Å². The molecule has 0 saturated carbocycles. The van der Waals surface area contributed by atoms with Crippen molar-refractivity contribution in [2.24, 2.45) is 0 Å². The van der Waals surface area contributed by atoms with Gasteiger partial charge in [0.25, 0.3) is 5.91 Å². The molecule has 8 nitrogen and oxygen atoms in total. The van der Waals surface area contributed by atoms with Crippen LogP contribution in [-0.4, -0.2) is 43.7 Å². The number of nitrogens with one attached hydrogen (secondary N) is 1. The second-order valence-electron chi connectivity index (χ2n) is 9.25. The Morgan fingerprint density at radius 1 is 1.11 bits per heavy atom. The Kier molecular flexibility index (Phi) is 8.08. The molecular weight excluding hydrogens is 488 g/mol. The van der Waals surface area contributed by atoms with Crippen molar-refractivity contribution >= 4 is 29.1 Å². The van der Waals surface area contributed by atoms with Crippen LogP contribution in [0.3, 0.4) is 0 Å². The quantitative estimate of drug-likeness (QED) is 0.277. The molecule has 2 heterocycles. The molecule has 4 aromatic rings. The molecule has 0 atom stereocenters. The number of rotatable bonds is 9. The molecule has 0 fully saturated rings. The topological polar surface area (TPSA) is 85.2 Å². The highest BCUT2D eigenvalue weighted by molar-refractivity contribution is 6.32. The first-order chi connectivity index (χ1) is 17.8. The Labute approximate surface area is 222 Å². The number of carbonyl (C=O) groups excluding carboxylic acids is 1. The van der Waals surface area contributed by atoms with Crippen LogP contribution < -0.4 is 10.1 Å². The number of nitrogens with zero attached hydrogens (tertiary/aromatic N) is 5. The summed E-state index contributed by atoms with van der Waals surface area (Å²) in [5.41, 5.74) is 3.61. The molecular formula is C28H31ClN6O2. The van der Waals surface area contributed by atoms with Gasteiger partial charge in [0, 0.05) is 36.0 Å². The van der Waals surface area contributed by atoms with Crippen LogP contribution >= 0.6 is 11.6 Å². The van der Waals surface area contributed by atoms with Crippen LogP contribution in [0.4, 0.5) is 11.6 Å². The van der Waals surface area contributed by atoms with Crippen LogP contribution in [-0.2, 0) is 6.54 Å². The van der Waals surface area contributed by atoms with Crippen molar-refractivity contribution in [1.29, 1.82) is 0 Å². The zero-order chi connectivity index (χ0) is 26.5. The van der Waals surface area contributed by atoms with E-state index in [9.17, 15) is 4.79 Å². The highest BCUT2D eigenvalue weighted by Gasteiger charge is 2.21. The van der Waals surface area contributed by atoms with Crippen LogP contribution in [0.5, 0.6) is 5.75 Å². The van der Waals surface area contributed by atoms with Crippen molar-refractivity contribution in [2.45, 2.75) is 46.3 Å². The predicted molar refractivity (Wildman–Crippen MR) is 146 cm³/mol. The third-order valence-electron chi connectivity index (χ3n) is 5.92. The standard InChI is InChI=1S/C28H31ClN6O2/c1-18(2)34(16-20-9-7-6-8-10-20)27(36)21-11-12-24(25(13-21)37-5)32-28-30-15-23(29)26(33-28)22-14-31-35(17-22)19(3)4/h6-15,17-19H,16H2,1-5H3,(H,30,32,33). The summed E-state index contributed by atoms with van der Waals surface area (Å²) in [5, 5.41) is 7.99. The van der Waals surface area contributed by atoms with Gasteiger partial charge >= 0.3 is 0 Å². The molecule has 9 heteroatoms. The monoisotopic (exact) mass is 518 g/mol. The summed E-state index contributed by atoms with van der Waals surface area (Å²) in [5.74, 6) is 0.778. The molecule has 0 aliphatic heterocycles. The van der Waals surface area contributed by atoms with E-state index in [2.05, 4.69) is 20.4 Å². The number of amides is 1. The lowest BCUT2D eigenvalue weighted by molar-refractivity contribution is 0.0690. The third-order valence-corrected chi connectivity index (χ3v) is 6.20. The van der Waals surface area contributed by atoms with Gasteiger partial charge in [0.2, 0.25) is 5.95 Å². The fourth-order valence-corrected chi connectivity index (χ4v) is 4.06. The Morgan fingerprint density at radius 3 is 2.51 bits per heavy atom. The predicted octanol–water partition coefficient (Wildman–Crippen LogP) is 6.38. The van der Waals surface area contributed by atoms with E-state index in [0.717, 1.165) is 11.1 Å².